The molecule has 1 fully saturated rings. The summed E-state index contributed by atoms with van der Waals surface area (Å²) >= 11 is 0. The first-order valence-corrected chi connectivity index (χ1v) is 9.31. The highest BCUT2D eigenvalue weighted by molar-refractivity contribution is 5.85. The van der Waals surface area contributed by atoms with Crippen LogP contribution in [0.3, 0.4) is 0 Å². The molecule has 1 unspecified atom stereocenters. The minimum atomic E-state index is 0. The van der Waals surface area contributed by atoms with Crippen molar-refractivity contribution in [2.75, 3.05) is 19.6 Å². The first kappa shape index (κ1) is 21.0. The van der Waals surface area contributed by atoms with Gasteiger partial charge in [0.05, 0.1) is 0 Å². The average molecular weight is 353 g/mol. The molecule has 1 aromatic rings. The summed E-state index contributed by atoms with van der Waals surface area (Å²) < 4.78 is 0. The molecule has 0 aliphatic carbocycles. The molecule has 0 saturated carbocycles. The topological polar surface area (TPSA) is 32.3 Å². The molecule has 1 saturated heterocycles. The molecule has 24 heavy (non-hydrogen) atoms. The summed E-state index contributed by atoms with van der Waals surface area (Å²) in [7, 11) is 0. The molecule has 1 aliphatic rings. The quantitative estimate of drug-likeness (QED) is 0.765. The molecule has 0 bridgehead atoms. The van der Waals surface area contributed by atoms with Crippen molar-refractivity contribution in [1.82, 2.24) is 10.2 Å². The van der Waals surface area contributed by atoms with Crippen LogP contribution in [0.5, 0.6) is 0 Å². The molecule has 0 aromatic heterocycles. The third-order valence-electron chi connectivity index (χ3n) is 4.81. The monoisotopic (exact) mass is 352 g/mol. The predicted molar refractivity (Wildman–Crippen MR) is 104 cm³/mol. The number of halogens is 1. The molecule has 1 amide bonds. The lowest BCUT2D eigenvalue weighted by molar-refractivity contribution is -0.139. The van der Waals surface area contributed by atoms with Crippen LogP contribution in [0, 0.1) is 5.92 Å². The van der Waals surface area contributed by atoms with Gasteiger partial charge in [0.25, 0.3) is 0 Å². The van der Waals surface area contributed by atoms with Gasteiger partial charge in [-0.2, -0.15) is 0 Å². The van der Waals surface area contributed by atoms with E-state index >= 15 is 0 Å². The van der Waals surface area contributed by atoms with Crippen LogP contribution in [0.15, 0.2) is 30.3 Å². The van der Waals surface area contributed by atoms with E-state index in [1.165, 1.54) is 5.56 Å². The number of carbonyl (C=O) groups is 1. The van der Waals surface area contributed by atoms with Crippen LogP contribution in [-0.4, -0.2) is 36.5 Å². The largest absolute Gasteiger partial charge is 0.339 e. The number of hydrogen-bond acceptors (Lipinski definition) is 2. The van der Waals surface area contributed by atoms with Gasteiger partial charge in [-0.05, 0) is 50.8 Å². The Labute approximate surface area is 153 Å². The van der Waals surface area contributed by atoms with Gasteiger partial charge in [0.2, 0.25) is 5.91 Å². The Morgan fingerprint density at radius 1 is 1.17 bits per heavy atom. The molecule has 1 aromatic carbocycles. The maximum atomic E-state index is 13.1. The van der Waals surface area contributed by atoms with Crippen molar-refractivity contribution in [2.24, 2.45) is 5.92 Å². The fourth-order valence-corrected chi connectivity index (χ4v) is 3.60. The number of carbonyl (C=O) groups excluding carboxylic acids is 1. The number of piperidine rings is 1. The summed E-state index contributed by atoms with van der Waals surface area (Å²) in [5, 5.41) is 3.36. The Morgan fingerprint density at radius 2 is 1.83 bits per heavy atom. The van der Waals surface area contributed by atoms with Crippen LogP contribution < -0.4 is 5.32 Å². The van der Waals surface area contributed by atoms with Gasteiger partial charge in [-0.1, -0.05) is 50.6 Å². The molecule has 4 heteroatoms. The fourth-order valence-electron chi connectivity index (χ4n) is 3.60. The summed E-state index contributed by atoms with van der Waals surface area (Å²) in [6.45, 7) is 7.24. The van der Waals surface area contributed by atoms with Crippen LogP contribution in [0.2, 0.25) is 0 Å². The summed E-state index contributed by atoms with van der Waals surface area (Å²) in [4.78, 5) is 15.3. The Bertz CT molecular complexity index is 460. The Hall–Kier alpha value is -1.06. The van der Waals surface area contributed by atoms with Crippen molar-refractivity contribution < 1.29 is 4.79 Å². The maximum Gasteiger partial charge on any atom is 0.226 e. The molecule has 1 atom stereocenters. The van der Waals surface area contributed by atoms with E-state index in [-0.39, 0.29) is 18.3 Å². The van der Waals surface area contributed by atoms with Gasteiger partial charge in [-0.25, -0.2) is 0 Å². The van der Waals surface area contributed by atoms with Crippen molar-refractivity contribution in [2.45, 2.75) is 58.4 Å². The molecule has 1 N–H and O–H groups in total. The van der Waals surface area contributed by atoms with E-state index in [9.17, 15) is 4.79 Å². The summed E-state index contributed by atoms with van der Waals surface area (Å²) in [5.41, 5.74) is 1.34. The minimum absolute atomic E-state index is 0. The van der Waals surface area contributed by atoms with E-state index in [1.807, 2.05) is 0 Å². The molecule has 3 nitrogen and oxygen atoms in total. The van der Waals surface area contributed by atoms with Crippen molar-refractivity contribution >= 4 is 18.3 Å². The Morgan fingerprint density at radius 3 is 2.42 bits per heavy atom. The minimum Gasteiger partial charge on any atom is -0.339 e. The smallest absolute Gasteiger partial charge is 0.226 e. The SMILES string of the molecule is CCCC(Cc1ccccc1)N(CCC)C(=O)C1CCNCC1.Cl. The lowest BCUT2D eigenvalue weighted by atomic mass is 9.93. The lowest BCUT2D eigenvalue weighted by Crippen LogP contribution is -2.47. The standard InChI is InChI=1S/C20H32N2O.ClH/c1-3-8-19(16-17-9-6-5-7-10-17)22(15-4-2)20(23)18-11-13-21-14-12-18;/h5-7,9-10,18-19,21H,3-4,8,11-16H2,1-2H3;1H. The van der Waals surface area contributed by atoms with Gasteiger partial charge in [0.15, 0.2) is 0 Å². The zero-order valence-corrected chi connectivity index (χ0v) is 16.0. The molecule has 1 aliphatic heterocycles. The number of nitrogens with one attached hydrogen (secondary N) is 1. The van der Waals surface area contributed by atoms with E-state index in [2.05, 4.69) is 54.4 Å². The van der Waals surface area contributed by atoms with Crippen LogP contribution >= 0.6 is 12.4 Å². The molecule has 0 spiro atoms. The Kier molecular flexibility index (Phi) is 10.0. The molecule has 0 radical (unpaired) electrons. The van der Waals surface area contributed by atoms with Gasteiger partial charge in [-0.15, -0.1) is 12.4 Å². The van der Waals surface area contributed by atoms with Crippen LogP contribution in [0.25, 0.3) is 0 Å². The second-order valence-electron chi connectivity index (χ2n) is 6.69. The summed E-state index contributed by atoms with van der Waals surface area (Å²) in [6, 6.07) is 10.9. The zero-order valence-electron chi connectivity index (χ0n) is 15.2. The molecule has 1 heterocycles. The van der Waals surface area contributed by atoms with E-state index in [1.54, 1.807) is 0 Å². The predicted octanol–water partition coefficient (Wildman–Crippen LogP) is 4.06. The second kappa shape index (κ2) is 11.5. The number of rotatable bonds is 8. The van der Waals surface area contributed by atoms with Crippen molar-refractivity contribution in [3.05, 3.63) is 35.9 Å². The number of amides is 1. The van der Waals surface area contributed by atoms with E-state index in [0.717, 1.165) is 58.2 Å². The number of nitrogens with zero attached hydrogens (tertiary/aromatic N) is 1. The molecular weight excluding hydrogens is 320 g/mol. The second-order valence-corrected chi connectivity index (χ2v) is 6.69. The highest BCUT2D eigenvalue weighted by Crippen LogP contribution is 2.21. The van der Waals surface area contributed by atoms with E-state index in [4.69, 9.17) is 0 Å². The zero-order chi connectivity index (χ0) is 16.5. The molecular formula is C20H33ClN2O. The van der Waals surface area contributed by atoms with E-state index < -0.39 is 0 Å². The van der Waals surface area contributed by atoms with Crippen LogP contribution in [-0.2, 0) is 11.2 Å². The maximum absolute atomic E-state index is 13.1. The third-order valence-corrected chi connectivity index (χ3v) is 4.81. The van der Waals surface area contributed by atoms with Crippen molar-refractivity contribution in [1.29, 1.82) is 0 Å². The normalized spacial score (nSPS) is 16.2. The van der Waals surface area contributed by atoms with Gasteiger partial charge < -0.3 is 10.2 Å². The van der Waals surface area contributed by atoms with Gasteiger partial charge in [0.1, 0.15) is 0 Å². The van der Waals surface area contributed by atoms with Crippen LogP contribution in [0.1, 0.15) is 51.5 Å². The highest BCUT2D eigenvalue weighted by Gasteiger charge is 2.29. The first-order chi connectivity index (χ1) is 11.3. The number of hydrogen-bond donors (Lipinski definition) is 1. The van der Waals surface area contributed by atoms with Crippen molar-refractivity contribution in [3.63, 3.8) is 0 Å². The van der Waals surface area contributed by atoms with E-state index in [0.29, 0.717) is 11.9 Å². The number of benzene rings is 1. The van der Waals surface area contributed by atoms with Crippen molar-refractivity contribution in [3.8, 4) is 0 Å². The highest BCUT2D eigenvalue weighted by atomic mass is 35.5. The molecule has 136 valence electrons. The van der Waals surface area contributed by atoms with Gasteiger partial charge in [-0.3, -0.25) is 4.79 Å². The van der Waals surface area contributed by atoms with Gasteiger partial charge in [0, 0.05) is 18.5 Å². The molecule has 2 rings (SSSR count). The third kappa shape index (κ3) is 6.10. The average Bonchev–Trinajstić information content (AvgIpc) is 2.60. The summed E-state index contributed by atoms with van der Waals surface area (Å²) in [5.74, 6) is 0.612. The van der Waals surface area contributed by atoms with Gasteiger partial charge >= 0.3 is 0 Å². The summed E-state index contributed by atoms with van der Waals surface area (Å²) in [6.07, 6.45) is 6.20. The lowest BCUT2D eigenvalue weighted by Gasteiger charge is -2.36. The first-order valence-electron chi connectivity index (χ1n) is 9.31. The fraction of sp³-hybridized carbons (Fsp3) is 0.650. The van der Waals surface area contributed by atoms with Crippen LogP contribution in [0.4, 0.5) is 0 Å². The Balaban J connectivity index is 0.00000288.